The first-order valence-electron chi connectivity index (χ1n) is 6.38. The van der Waals surface area contributed by atoms with E-state index in [1.165, 1.54) is 23.9 Å². The van der Waals surface area contributed by atoms with Crippen molar-refractivity contribution in [2.45, 2.75) is 13.0 Å². The Morgan fingerprint density at radius 1 is 1.52 bits per heavy atom. The number of aromatic nitrogens is 2. The molecule has 0 spiro atoms. The van der Waals surface area contributed by atoms with E-state index in [4.69, 9.17) is 15.6 Å². The number of aldehydes is 1. The molecule has 7 heteroatoms. The second-order valence-electron chi connectivity index (χ2n) is 4.42. The highest BCUT2D eigenvalue weighted by Crippen LogP contribution is 2.29. The molecule has 0 saturated carbocycles. The average Bonchev–Trinajstić information content (AvgIpc) is 2.81. The maximum Gasteiger partial charge on any atom is 0.165 e. The van der Waals surface area contributed by atoms with Crippen molar-refractivity contribution in [3.05, 3.63) is 29.6 Å². The average molecular weight is 293 g/mol. The summed E-state index contributed by atoms with van der Waals surface area (Å²) in [6.07, 6.45) is 1.05. The number of rotatable bonds is 6. The van der Waals surface area contributed by atoms with Gasteiger partial charge in [0.05, 0.1) is 12.7 Å². The summed E-state index contributed by atoms with van der Waals surface area (Å²) in [7, 11) is 1.37. The van der Waals surface area contributed by atoms with E-state index in [-0.39, 0.29) is 23.7 Å². The highest BCUT2D eigenvalue weighted by Gasteiger charge is 2.17. The molecule has 0 aliphatic heterocycles. The molecule has 0 unspecified atom stereocenters. The maximum atomic E-state index is 13.8. The Kier molecular flexibility index (Phi) is 4.54. The standard InChI is InChI=1S/C14H16FN3O3/c1-21-12-4-3-9(7-11(12)15)13-10(8-20)14(16)18(17-13)5-2-6-19/h3-4,7-8,19H,2,5-6,16H2,1H3. The number of methoxy groups -OCH3 is 1. The van der Waals surface area contributed by atoms with Crippen LogP contribution in [0.25, 0.3) is 11.3 Å². The van der Waals surface area contributed by atoms with E-state index in [1.807, 2.05) is 0 Å². The quantitative estimate of drug-likeness (QED) is 0.787. The van der Waals surface area contributed by atoms with Crippen LogP contribution >= 0.6 is 0 Å². The number of aliphatic hydroxyl groups is 1. The van der Waals surface area contributed by atoms with Crippen LogP contribution in [-0.4, -0.2) is 34.9 Å². The van der Waals surface area contributed by atoms with E-state index in [0.29, 0.717) is 30.5 Å². The molecule has 1 heterocycles. The van der Waals surface area contributed by atoms with E-state index >= 15 is 0 Å². The number of ether oxygens (including phenoxy) is 1. The fraction of sp³-hybridized carbons (Fsp3) is 0.286. The van der Waals surface area contributed by atoms with Gasteiger partial charge >= 0.3 is 0 Å². The molecule has 21 heavy (non-hydrogen) atoms. The molecule has 1 aromatic heterocycles. The van der Waals surface area contributed by atoms with Crippen LogP contribution in [0.4, 0.5) is 10.2 Å². The molecule has 0 fully saturated rings. The smallest absolute Gasteiger partial charge is 0.165 e. The summed E-state index contributed by atoms with van der Waals surface area (Å²) in [5.74, 6) is -0.237. The SMILES string of the molecule is COc1ccc(-c2nn(CCCO)c(N)c2C=O)cc1F. The topological polar surface area (TPSA) is 90.4 Å². The predicted octanol–water partition coefficient (Wildman–Crippen LogP) is 1.47. The van der Waals surface area contributed by atoms with Crippen LogP contribution in [0.15, 0.2) is 18.2 Å². The minimum Gasteiger partial charge on any atom is -0.494 e. The van der Waals surface area contributed by atoms with E-state index < -0.39 is 5.82 Å². The monoisotopic (exact) mass is 293 g/mol. The third-order valence-electron chi connectivity index (χ3n) is 3.10. The van der Waals surface area contributed by atoms with Crippen molar-refractivity contribution in [1.82, 2.24) is 9.78 Å². The molecule has 3 N–H and O–H groups in total. The van der Waals surface area contributed by atoms with E-state index in [2.05, 4.69) is 5.10 Å². The van der Waals surface area contributed by atoms with Gasteiger partial charge in [0.15, 0.2) is 17.9 Å². The van der Waals surface area contributed by atoms with Gasteiger partial charge in [-0.05, 0) is 24.6 Å². The first-order valence-corrected chi connectivity index (χ1v) is 6.38. The molecule has 1 aromatic carbocycles. The first-order chi connectivity index (χ1) is 10.1. The first kappa shape index (κ1) is 15.0. The fourth-order valence-corrected chi connectivity index (χ4v) is 2.02. The van der Waals surface area contributed by atoms with Gasteiger partial charge in [0.1, 0.15) is 11.5 Å². The van der Waals surface area contributed by atoms with Crippen molar-refractivity contribution in [2.24, 2.45) is 0 Å². The van der Waals surface area contributed by atoms with Crippen LogP contribution in [-0.2, 0) is 6.54 Å². The summed E-state index contributed by atoms with van der Waals surface area (Å²) < 4.78 is 20.0. The van der Waals surface area contributed by atoms with Crippen molar-refractivity contribution in [3.8, 4) is 17.0 Å². The summed E-state index contributed by atoms with van der Waals surface area (Å²) in [4.78, 5) is 11.2. The Hall–Kier alpha value is -2.41. The van der Waals surface area contributed by atoms with Gasteiger partial charge in [0.25, 0.3) is 0 Å². The number of benzene rings is 1. The van der Waals surface area contributed by atoms with E-state index in [0.717, 1.165) is 0 Å². The number of nitrogens with two attached hydrogens (primary N) is 1. The lowest BCUT2D eigenvalue weighted by Gasteiger charge is -2.03. The number of aliphatic hydroxyl groups excluding tert-OH is 1. The zero-order chi connectivity index (χ0) is 15.4. The zero-order valence-electron chi connectivity index (χ0n) is 11.5. The number of nitrogens with zero attached hydrogens (tertiary/aromatic N) is 2. The summed E-state index contributed by atoms with van der Waals surface area (Å²) in [5.41, 5.74) is 6.80. The molecule has 0 radical (unpaired) electrons. The van der Waals surface area contributed by atoms with Crippen molar-refractivity contribution in [1.29, 1.82) is 0 Å². The summed E-state index contributed by atoms with van der Waals surface area (Å²) in [6, 6.07) is 4.30. The zero-order valence-corrected chi connectivity index (χ0v) is 11.5. The second kappa shape index (κ2) is 6.36. The molecular weight excluding hydrogens is 277 g/mol. The molecule has 0 atom stereocenters. The molecule has 2 rings (SSSR count). The normalized spacial score (nSPS) is 10.6. The van der Waals surface area contributed by atoms with E-state index in [1.54, 1.807) is 6.07 Å². The number of carbonyl (C=O) groups is 1. The Balaban J connectivity index is 2.47. The van der Waals surface area contributed by atoms with Crippen LogP contribution in [0.2, 0.25) is 0 Å². The van der Waals surface area contributed by atoms with Gasteiger partial charge in [0, 0.05) is 18.7 Å². The number of hydrogen-bond donors (Lipinski definition) is 2. The highest BCUT2D eigenvalue weighted by atomic mass is 19.1. The molecule has 6 nitrogen and oxygen atoms in total. The van der Waals surface area contributed by atoms with Crippen LogP contribution in [0.5, 0.6) is 5.75 Å². The number of nitrogen functional groups attached to an aromatic ring is 1. The molecule has 0 aliphatic carbocycles. The lowest BCUT2D eigenvalue weighted by Crippen LogP contribution is -2.06. The largest absolute Gasteiger partial charge is 0.494 e. The molecule has 0 amide bonds. The minimum absolute atomic E-state index is 0.0117. The number of anilines is 1. The van der Waals surface area contributed by atoms with Gasteiger partial charge in [-0.2, -0.15) is 5.10 Å². The Morgan fingerprint density at radius 3 is 2.86 bits per heavy atom. The Morgan fingerprint density at radius 2 is 2.29 bits per heavy atom. The van der Waals surface area contributed by atoms with Gasteiger partial charge in [0.2, 0.25) is 0 Å². The summed E-state index contributed by atoms with van der Waals surface area (Å²) >= 11 is 0. The number of carbonyl (C=O) groups excluding carboxylic acids is 1. The molecule has 0 bridgehead atoms. The van der Waals surface area contributed by atoms with Crippen LogP contribution in [0.3, 0.4) is 0 Å². The fourth-order valence-electron chi connectivity index (χ4n) is 2.02. The second-order valence-corrected chi connectivity index (χ2v) is 4.42. The van der Waals surface area contributed by atoms with Crippen molar-refractivity contribution < 1.29 is 19.0 Å². The minimum atomic E-state index is -0.546. The van der Waals surface area contributed by atoms with Gasteiger partial charge in [-0.25, -0.2) is 9.07 Å². The maximum absolute atomic E-state index is 13.8. The third-order valence-corrected chi connectivity index (χ3v) is 3.10. The van der Waals surface area contributed by atoms with Crippen LogP contribution in [0, 0.1) is 5.82 Å². The van der Waals surface area contributed by atoms with Gasteiger partial charge in [-0.3, -0.25) is 4.79 Å². The van der Waals surface area contributed by atoms with Crippen molar-refractivity contribution >= 4 is 12.1 Å². The molecule has 0 aliphatic rings. The van der Waals surface area contributed by atoms with Gasteiger partial charge in [-0.1, -0.05) is 0 Å². The van der Waals surface area contributed by atoms with Crippen LogP contribution in [0.1, 0.15) is 16.8 Å². The molecule has 112 valence electrons. The lowest BCUT2D eigenvalue weighted by molar-refractivity contribution is 0.112. The predicted molar refractivity (Wildman–Crippen MR) is 75.7 cm³/mol. The number of hydrogen-bond acceptors (Lipinski definition) is 5. The van der Waals surface area contributed by atoms with Gasteiger partial charge in [-0.15, -0.1) is 0 Å². The third kappa shape index (κ3) is 2.87. The number of halogens is 1. The van der Waals surface area contributed by atoms with Crippen molar-refractivity contribution in [3.63, 3.8) is 0 Å². The van der Waals surface area contributed by atoms with Crippen molar-refractivity contribution in [2.75, 3.05) is 19.5 Å². The molecular formula is C14H16FN3O3. The lowest BCUT2D eigenvalue weighted by atomic mass is 10.1. The Labute approximate surface area is 120 Å². The summed E-state index contributed by atoms with van der Waals surface area (Å²) in [6.45, 7) is 0.365. The summed E-state index contributed by atoms with van der Waals surface area (Å²) in [5, 5.41) is 13.1. The van der Waals surface area contributed by atoms with Crippen LogP contribution < -0.4 is 10.5 Å². The highest BCUT2D eigenvalue weighted by molar-refractivity contribution is 5.91. The number of aryl methyl sites for hydroxylation is 1. The van der Waals surface area contributed by atoms with Gasteiger partial charge < -0.3 is 15.6 Å². The Bertz CT molecular complexity index is 655. The van der Waals surface area contributed by atoms with E-state index in [9.17, 15) is 9.18 Å². The molecule has 2 aromatic rings. The molecule has 0 saturated heterocycles.